The third-order valence-electron chi connectivity index (χ3n) is 2.25. The van der Waals surface area contributed by atoms with Crippen molar-refractivity contribution in [3.63, 3.8) is 0 Å². The Balaban J connectivity index is 2.25. The fraction of sp³-hybridized carbons (Fsp3) is 0.333. The number of fused-ring (bicyclic) bond motifs is 1. The fourth-order valence-corrected chi connectivity index (χ4v) is 2.74. The fourth-order valence-electron chi connectivity index (χ4n) is 1.62. The molecule has 0 bridgehead atoms. The van der Waals surface area contributed by atoms with Crippen LogP contribution in [0.4, 0.5) is 0 Å². The van der Waals surface area contributed by atoms with Crippen LogP contribution in [0.3, 0.4) is 0 Å². The van der Waals surface area contributed by atoms with Gasteiger partial charge in [-0.3, -0.25) is 0 Å². The van der Waals surface area contributed by atoms with Gasteiger partial charge in [-0.25, -0.2) is 0 Å². The highest BCUT2D eigenvalue weighted by molar-refractivity contribution is 7.99. The van der Waals surface area contributed by atoms with Crippen LogP contribution in [0.1, 0.15) is 12.0 Å². The first-order valence-corrected chi connectivity index (χ1v) is 5.89. The van der Waals surface area contributed by atoms with Crippen LogP contribution >= 0.6 is 11.8 Å². The van der Waals surface area contributed by atoms with E-state index in [1.54, 1.807) is 6.08 Å². The number of aryl methyl sites for hydroxylation is 1. The predicted octanol–water partition coefficient (Wildman–Crippen LogP) is 3.29. The Kier molecular flexibility index (Phi) is 3.14. The van der Waals surface area contributed by atoms with Gasteiger partial charge in [0.05, 0.1) is 4.90 Å². The maximum Gasteiger partial charge on any atom is 0.133 e. The zero-order chi connectivity index (χ0) is 9.80. The first-order valence-electron chi connectivity index (χ1n) is 4.90. The van der Waals surface area contributed by atoms with Gasteiger partial charge in [0.15, 0.2) is 0 Å². The molecule has 0 amide bonds. The molecule has 0 fully saturated rings. The molecule has 1 nitrogen and oxygen atoms in total. The van der Waals surface area contributed by atoms with Gasteiger partial charge >= 0.3 is 0 Å². The highest BCUT2D eigenvalue weighted by Crippen LogP contribution is 2.37. The molecule has 14 heavy (non-hydrogen) atoms. The summed E-state index contributed by atoms with van der Waals surface area (Å²) in [5.74, 6) is 2.23. The van der Waals surface area contributed by atoms with Crippen LogP contribution in [0.25, 0.3) is 0 Å². The van der Waals surface area contributed by atoms with Gasteiger partial charge in [-0.2, -0.15) is 0 Å². The maximum absolute atomic E-state index is 5.61. The topological polar surface area (TPSA) is 9.23 Å². The van der Waals surface area contributed by atoms with Crippen molar-refractivity contribution in [2.75, 3.05) is 12.4 Å². The van der Waals surface area contributed by atoms with Gasteiger partial charge < -0.3 is 4.74 Å². The van der Waals surface area contributed by atoms with Crippen molar-refractivity contribution in [1.29, 1.82) is 0 Å². The van der Waals surface area contributed by atoms with Crippen molar-refractivity contribution >= 4 is 11.8 Å². The summed E-state index contributed by atoms with van der Waals surface area (Å²) in [6.45, 7) is 4.25. The van der Waals surface area contributed by atoms with E-state index in [0.29, 0.717) is 6.61 Å². The van der Waals surface area contributed by atoms with Gasteiger partial charge in [-0.1, -0.05) is 24.8 Å². The lowest BCUT2D eigenvalue weighted by Crippen LogP contribution is -2.02. The second-order valence-corrected chi connectivity index (χ2v) is 4.40. The molecular formula is C12H14OS. The van der Waals surface area contributed by atoms with E-state index in [1.807, 2.05) is 17.8 Å². The Labute approximate surface area is 89.2 Å². The van der Waals surface area contributed by atoms with Crippen molar-refractivity contribution in [2.45, 2.75) is 17.7 Å². The second kappa shape index (κ2) is 4.56. The smallest absolute Gasteiger partial charge is 0.133 e. The summed E-state index contributed by atoms with van der Waals surface area (Å²) in [5.41, 5.74) is 1.43. The van der Waals surface area contributed by atoms with Crippen LogP contribution in [0.5, 0.6) is 5.75 Å². The average Bonchev–Trinajstić information content (AvgIpc) is 2.26. The van der Waals surface area contributed by atoms with Crippen molar-refractivity contribution in [1.82, 2.24) is 0 Å². The van der Waals surface area contributed by atoms with Gasteiger partial charge in [0.2, 0.25) is 0 Å². The zero-order valence-corrected chi connectivity index (χ0v) is 8.98. The quantitative estimate of drug-likeness (QED) is 0.702. The van der Waals surface area contributed by atoms with Crippen LogP contribution in [-0.4, -0.2) is 12.4 Å². The maximum atomic E-state index is 5.61. The summed E-state index contributed by atoms with van der Waals surface area (Å²) in [6.07, 6.45) is 4.25. The lowest BCUT2D eigenvalue weighted by Gasteiger charge is -2.18. The molecular weight excluding hydrogens is 192 g/mol. The minimum Gasteiger partial charge on any atom is -0.488 e. The monoisotopic (exact) mass is 206 g/mol. The molecule has 1 heterocycles. The molecule has 1 aliphatic rings. The van der Waals surface area contributed by atoms with Crippen molar-refractivity contribution in [2.24, 2.45) is 0 Å². The van der Waals surface area contributed by atoms with E-state index in [1.165, 1.54) is 29.1 Å². The average molecular weight is 206 g/mol. The SMILES string of the molecule is C=CCOc1cccc2c1SCCC2. The minimum atomic E-state index is 0.594. The number of thioether (sulfide) groups is 1. The Bertz CT molecular complexity index is 333. The standard InChI is InChI=1S/C12H14OS/c1-2-8-13-11-7-3-5-10-6-4-9-14-12(10)11/h2-3,5,7H,1,4,6,8-9H2. The van der Waals surface area contributed by atoms with Gasteiger partial charge in [-0.05, 0) is 30.2 Å². The third kappa shape index (κ3) is 1.95. The summed E-state index contributed by atoms with van der Waals surface area (Å²) >= 11 is 1.91. The summed E-state index contributed by atoms with van der Waals surface area (Å²) in [7, 11) is 0. The molecule has 0 radical (unpaired) electrons. The van der Waals surface area contributed by atoms with Crippen molar-refractivity contribution in [3.05, 3.63) is 36.4 Å². The molecule has 0 atom stereocenters. The summed E-state index contributed by atoms with van der Waals surface area (Å²) in [6, 6.07) is 6.31. The number of hydrogen-bond donors (Lipinski definition) is 0. The number of rotatable bonds is 3. The van der Waals surface area contributed by atoms with E-state index in [0.717, 1.165) is 5.75 Å². The molecule has 0 N–H and O–H groups in total. The summed E-state index contributed by atoms with van der Waals surface area (Å²) < 4.78 is 5.61. The third-order valence-corrected chi connectivity index (χ3v) is 3.50. The lowest BCUT2D eigenvalue weighted by atomic mass is 10.1. The Morgan fingerprint density at radius 1 is 1.50 bits per heavy atom. The molecule has 0 saturated carbocycles. The van der Waals surface area contributed by atoms with E-state index >= 15 is 0 Å². The molecule has 0 aliphatic carbocycles. The first kappa shape index (κ1) is 9.66. The van der Waals surface area contributed by atoms with E-state index in [-0.39, 0.29) is 0 Å². The van der Waals surface area contributed by atoms with E-state index in [9.17, 15) is 0 Å². The van der Waals surface area contributed by atoms with E-state index < -0.39 is 0 Å². The Morgan fingerprint density at radius 3 is 3.29 bits per heavy atom. The molecule has 2 heteroatoms. The molecule has 0 aromatic heterocycles. The lowest BCUT2D eigenvalue weighted by molar-refractivity contribution is 0.353. The van der Waals surface area contributed by atoms with E-state index in [4.69, 9.17) is 4.74 Å². The van der Waals surface area contributed by atoms with Crippen LogP contribution in [0.15, 0.2) is 35.7 Å². The van der Waals surface area contributed by atoms with Crippen LogP contribution < -0.4 is 4.74 Å². The molecule has 74 valence electrons. The molecule has 1 aromatic rings. The first-order chi connectivity index (χ1) is 6.92. The largest absolute Gasteiger partial charge is 0.488 e. The van der Waals surface area contributed by atoms with Gasteiger partial charge in [0, 0.05) is 0 Å². The van der Waals surface area contributed by atoms with E-state index in [2.05, 4.69) is 18.7 Å². The second-order valence-electron chi connectivity index (χ2n) is 3.30. The molecule has 1 aliphatic heterocycles. The van der Waals surface area contributed by atoms with Crippen molar-refractivity contribution in [3.8, 4) is 5.75 Å². The molecule has 0 spiro atoms. The number of ether oxygens (including phenoxy) is 1. The van der Waals surface area contributed by atoms with Gasteiger partial charge in [0.1, 0.15) is 12.4 Å². The Hall–Kier alpha value is -0.890. The van der Waals surface area contributed by atoms with Crippen LogP contribution in [0, 0.1) is 0 Å². The molecule has 2 rings (SSSR count). The van der Waals surface area contributed by atoms with Gasteiger partial charge in [-0.15, -0.1) is 11.8 Å². The Morgan fingerprint density at radius 2 is 2.43 bits per heavy atom. The molecule has 0 saturated heterocycles. The summed E-state index contributed by atoms with van der Waals surface area (Å²) in [4.78, 5) is 1.33. The van der Waals surface area contributed by atoms with Crippen LogP contribution in [-0.2, 0) is 6.42 Å². The number of benzene rings is 1. The highest BCUT2D eigenvalue weighted by Gasteiger charge is 2.13. The van der Waals surface area contributed by atoms with Crippen LogP contribution in [0.2, 0.25) is 0 Å². The zero-order valence-electron chi connectivity index (χ0n) is 8.16. The minimum absolute atomic E-state index is 0.594. The van der Waals surface area contributed by atoms with Gasteiger partial charge in [0.25, 0.3) is 0 Å². The molecule has 1 aromatic carbocycles. The van der Waals surface area contributed by atoms with Crippen molar-refractivity contribution < 1.29 is 4.74 Å². The highest BCUT2D eigenvalue weighted by atomic mass is 32.2. The normalized spacial score (nSPS) is 14.6. The predicted molar refractivity (Wildman–Crippen MR) is 61.2 cm³/mol. The summed E-state index contributed by atoms with van der Waals surface area (Å²) in [5, 5.41) is 0. The number of hydrogen-bond acceptors (Lipinski definition) is 2. The molecule has 0 unspecified atom stereocenters.